The Morgan fingerprint density at radius 1 is 1.00 bits per heavy atom. The molecule has 24 heavy (non-hydrogen) atoms. The molecule has 4 heteroatoms. The molecule has 0 heterocycles. The van der Waals surface area contributed by atoms with Gasteiger partial charge in [0.15, 0.2) is 0 Å². The second-order valence-electron chi connectivity index (χ2n) is 6.18. The van der Waals surface area contributed by atoms with Gasteiger partial charge in [-0.2, -0.15) is 0 Å². The van der Waals surface area contributed by atoms with Gasteiger partial charge in [-0.1, -0.05) is 37.6 Å². The maximum atomic E-state index is 6.03. The Bertz CT molecular complexity index is 671. The highest BCUT2D eigenvalue weighted by Crippen LogP contribution is 2.28. The normalized spacial score (nSPS) is 10.9. The number of aryl methyl sites for hydroxylation is 1. The maximum absolute atomic E-state index is 6.03. The summed E-state index contributed by atoms with van der Waals surface area (Å²) in [6.07, 6.45) is 0.742. The van der Waals surface area contributed by atoms with E-state index in [2.05, 4.69) is 39.0 Å². The monoisotopic (exact) mass is 347 g/mol. The van der Waals surface area contributed by atoms with Crippen LogP contribution in [-0.4, -0.2) is 19.8 Å². The molecule has 2 rings (SSSR count). The van der Waals surface area contributed by atoms with Gasteiger partial charge in [-0.25, -0.2) is 0 Å². The summed E-state index contributed by atoms with van der Waals surface area (Å²) in [6, 6.07) is 12.0. The van der Waals surface area contributed by atoms with Crippen molar-refractivity contribution in [2.45, 2.75) is 33.1 Å². The smallest absolute Gasteiger partial charge is 0.123 e. The molecule has 0 radical (unpaired) electrons. The first-order chi connectivity index (χ1) is 11.5. The molecule has 2 aromatic carbocycles. The van der Waals surface area contributed by atoms with Crippen LogP contribution in [0.15, 0.2) is 36.4 Å². The first kappa shape index (κ1) is 18.6. The maximum Gasteiger partial charge on any atom is 0.123 e. The lowest BCUT2D eigenvalue weighted by atomic mass is 10.0. The molecule has 130 valence electrons. The molecule has 0 aliphatic rings. The Balaban J connectivity index is 1.95. The van der Waals surface area contributed by atoms with Gasteiger partial charge in [0.05, 0.1) is 0 Å². The van der Waals surface area contributed by atoms with E-state index in [0.717, 1.165) is 23.5 Å². The quantitative estimate of drug-likeness (QED) is 0.702. The molecule has 0 fully saturated rings. The zero-order valence-electron chi connectivity index (χ0n) is 14.6. The van der Waals surface area contributed by atoms with E-state index in [1.807, 2.05) is 18.2 Å². The van der Waals surface area contributed by atoms with Gasteiger partial charge in [0.25, 0.3) is 0 Å². The van der Waals surface area contributed by atoms with Gasteiger partial charge >= 0.3 is 0 Å². The molecule has 2 N–H and O–H groups in total. The fourth-order valence-electron chi connectivity index (χ4n) is 2.59. The number of hydrogen-bond donors (Lipinski definition) is 1. The lowest BCUT2D eigenvalue weighted by Crippen LogP contribution is -2.12. The van der Waals surface area contributed by atoms with Crippen LogP contribution in [0.1, 0.15) is 36.5 Å². The summed E-state index contributed by atoms with van der Waals surface area (Å²) in [5.74, 6) is 2.18. The molecule has 3 nitrogen and oxygen atoms in total. The minimum atomic E-state index is 0.425. The molecule has 2 aromatic rings. The largest absolute Gasteiger partial charge is 0.490 e. The Hall–Kier alpha value is -1.71. The topological polar surface area (TPSA) is 44.5 Å². The van der Waals surface area contributed by atoms with Crippen molar-refractivity contribution in [1.29, 1.82) is 0 Å². The Morgan fingerprint density at radius 2 is 1.71 bits per heavy atom. The van der Waals surface area contributed by atoms with E-state index in [0.29, 0.717) is 30.7 Å². The zero-order chi connectivity index (χ0) is 17.5. The lowest BCUT2D eigenvalue weighted by molar-refractivity contribution is 0.214. The van der Waals surface area contributed by atoms with E-state index >= 15 is 0 Å². The Kier molecular flexibility index (Phi) is 6.95. The molecule has 0 spiro atoms. The third kappa shape index (κ3) is 5.15. The van der Waals surface area contributed by atoms with Gasteiger partial charge in [0.1, 0.15) is 24.7 Å². The molecule has 0 bridgehead atoms. The molecule has 0 saturated heterocycles. The van der Waals surface area contributed by atoms with Crippen LogP contribution in [0.3, 0.4) is 0 Å². The number of rotatable bonds is 8. The molecular formula is C20H26ClNO2. The molecular weight excluding hydrogens is 322 g/mol. The summed E-state index contributed by atoms with van der Waals surface area (Å²) >= 11 is 6.03. The van der Waals surface area contributed by atoms with Crippen molar-refractivity contribution >= 4 is 11.6 Å². The highest BCUT2D eigenvalue weighted by molar-refractivity contribution is 6.30. The van der Waals surface area contributed by atoms with E-state index in [1.54, 1.807) is 0 Å². The van der Waals surface area contributed by atoms with Crippen LogP contribution in [0.2, 0.25) is 5.02 Å². The third-order valence-electron chi connectivity index (χ3n) is 3.83. The molecule has 0 aliphatic heterocycles. The third-order valence-corrected chi connectivity index (χ3v) is 4.06. The van der Waals surface area contributed by atoms with Gasteiger partial charge in [-0.3, -0.25) is 0 Å². The summed E-state index contributed by atoms with van der Waals surface area (Å²) in [7, 11) is 0. The molecule has 0 saturated carbocycles. The van der Waals surface area contributed by atoms with Crippen LogP contribution in [0.25, 0.3) is 0 Å². The van der Waals surface area contributed by atoms with Gasteiger partial charge in [0.2, 0.25) is 0 Å². The summed E-state index contributed by atoms with van der Waals surface area (Å²) < 4.78 is 11.8. The van der Waals surface area contributed by atoms with Crippen LogP contribution in [0, 0.1) is 6.92 Å². The fourth-order valence-corrected chi connectivity index (χ4v) is 2.78. The fraction of sp³-hybridized carbons (Fsp3) is 0.400. The van der Waals surface area contributed by atoms with Crippen LogP contribution in [0.5, 0.6) is 11.5 Å². The highest BCUT2D eigenvalue weighted by Gasteiger charge is 2.09. The van der Waals surface area contributed by atoms with Crippen molar-refractivity contribution < 1.29 is 9.47 Å². The number of benzene rings is 2. The van der Waals surface area contributed by atoms with E-state index in [4.69, 9.17) is 26.8 Å². The van der Waals surface area contributed by atoms with Crippen LogP contribution < -0.4 is 15.2 Å². The van der Waals surface area contributed by atoms with Crippen molar-refractivity contribution in [3.63, 3.8) is 0 Å². The van der Waals surface area contributed by atoms with Gasteiger partial charge < -0.3 is 15.2 Å². The van der Waals surface area contributed by atoms with Crippen molar-refractivity contribution in [2.24, 2.45) is 5.73 Å². The molecule has 0 atom stereocenters. The predicted octanol–water partition coefficient (Wildman–Crippen LogP) is 4.73. The van der Waals surface area contributed by atoms with Crippen LogP contribution in [0.4, 0.5) is 0 Å². The van der Waals surface area contributed by atoms with Crippen molar-refractivity contribution in [2.75, 3.05) is 19.8 Å². The minimum Gasteiger partial charge on any atom is -0.490 e. The zero-order valence-corrected chi connectivity index (χ0v) is 15.4. The SMILES string of the molecule is Cc1ccc(C(C)C)c(OCCOc2ccc(Cl)cc2CCN)c1. The number of ether oxygens (including phenoxy) is 2. The second-order valence-corrected chi connectivity index (χ2v) is 6.62. The molecule has 0 aliphatic carbocycles. The lowest BCUT2D eigenvalue weighted by Gasteiger charge is -2.16. The Morgan fingerprint density at radius 3 is 2.38 bits per heavy atom. The van der Waals surface area contributed by atoms with Crippen LogP contribution in [-0.2, 0) is 6.42 Å². The standard InChI is InChI=1S/C20H26ClNO2/c1-14(2)18-6-4-15(3)12-20(18)24-11-10-23-19-7-5-17(21)13-16(19)8-9-22/h4-7,12-14H,8-11,22H2,1-3H3. The predicted molar refractivity (Wildman–Crippen MR) is 100 cm³/mol. The van der Waals surface area contributed by atoms with Crippen molar-refractivity contribution in [3.8, 4) is 11.5 Å². The second kappa shape index (κ2) is 8.95. The van der Waals surface area contributed by atoms with Crippen LogP contribution >= 0.6 is 11.6 Å². The Labute approximate surface area is 149 Å². The summed E-state index contributed by atoms with van der Waals surface area (Å²) in [5.41, 5.74) is 9.09. The summed E-state index contributed by atoms with van der Waals surface area (Å²) in [5, 5.41) is 0.698. The number of nitrogens with two attached hydrogens (primary N) is 1. The van der Waals surface area contributed by atoms with Gasteiger partial charge in [0, 0.05) is 5.02 Å². The first-order valence-electron chi connectivity index (χ1n) is 8.36. The van der Waals surface area contributed by atoms with E-state index in [-0.39, 0.29) is 0 Å². The van der Waals surface area contributed by atoms with E-state index in [1.165, 1.54) is 11.1 Å². The van der Waals surface area contributed by atoms with Crippen molar-refractivity contribution in [3.05, 3.63) is 58.1 Å². The molecule has 0 amide bonds. The van der Waals surface area contributed by atoms with E-state index in [9.17, 15) is 0 Å². The van der Waals surface area contributed by atoms with Gasteiger partial charge in [-0.05, 0) is 66.8 Å². The molecule has 0 aromatic heterocycles. The first-order valence-corrected chi connectivity index (χ1v) is 8.73. The average Bonchev–Trinajstić information content (AvgIpc) is 2.53. The highest BCUT2D eigenvalue weighted by atomic mass is 35.5. The average molecular weight is 348 g/mol. The summed E-state index contributed by atoms with van der Waals surface area (Å²) in [4.78, 5) is 0. The van der Waals surface area contributed by atoms with Crippen molar-refractivity contribution in [1.82, 2.24) is 0 Å². The summed E-state index contributed by atoms with van der Waals surface area (Å²) in [6.45, 7) is 7.94. The number of hydrogen-bond acceptors (Lipinski definition) is 3. The molecule has 0 unspecified atom stereocenters. The minimum absolute atomic E-state index is 0.425. The van der Waals surface area contributed by atoms with Gasteiger partial charge in [-0.15, -0.1) is 0 Å². The van der Waals surface area contributed by atoms with E-state index < -0.39 is 0 Å². The number of halogens is 1.